The Kier molecular flexibility index (Phi) is 4.95. The topological polar surface area (TPSA) is 55.0 Å². The second-order valence-corrected chi connectivity index (χ2v) is 5.61. The summed E-state index contributed by atoms with van der Waals surface area (Å²) in [5.41, 5.74) is 7.78. The number of aromatic nitrogens is 2. The number of nitrogen functional groups attached to an aromatic ring is 1. The molecule has 0 radical (unpaired) electrons. The van der Waals surface area contributed by atoms with Crippen LogP contribution >= 0.6 is 22.6 Å². The van der Waals surface area contributed by atoms with Gasteiger partial charge in [0.2, 0.25) is 5.95 Å². The van der Waals surface area contributed by atoms with Gasteiger partial charge in [-0.25, -0.2) is 9.97 Å². The maximum absolute atomic E-state index is 5.82. The summed E-state index contributed by atoms with van der Waals surface area (Å²) in [6, 6.07) is 7.94. The zero-order valence-corrected chi connectivity index (χ0v) is 13.0. The van der Waals surface area contributed by atoms with Crippen molar-refractivity contribution in [1.82, 2.24) is 9.97 Å². The Labute approximate surface area is 127 Å². The minimum atomic E-state index is 0.768. The second-order valence-electron chi connectivity index (χ2n) is 4.37. The zero-order chi connectivity index (χ0) is 13.7. The van der Waals surface area contributed by atoms with Gasteiger partial charge in [-0.05, 0) is 46.7 Å². The van der Waals surface area contributed by atoms with Crippen LogP contribution in [0, 0.1) is 3.57 Å². The summed E-state index contributed by atoms with van der Waals surface area (Å²) in [6.45, 7) is 3.86. The first-order valence-electron chi connectivity index (χ1n) is 6.26. The van der Waals surface area contributed by atoms with Crippen molar-refractivity contribution in [2.75, 3.05) is 17.2 Å². The average Bonchev–Trinajstić information content (AvgIpc) is 2.39. The molecule has 0 aliphatic heterocycles. The molecule has 2 N–H and O–H groups in total. The monoisotopic (exact) mass is 368 g/mol. The van der Waals surface area contributed by atoms with E-state index in [1.54, 1.807) is 0 Å². The summed E-state index contributed by atoms with van der Waals surface area (Å²) in [6.07, 6.45) is 4.73. The Morgan fingerprint density at radius 2 is 2.00 bits per heavy atom. The van der Waals surface area contributed by atoms with Crippen molar-refractivity contribution in [3.8, 4) is 0 Å². The van der Waals surface area contributed by atoms with Crippen molar-refractivity contribution in [3.05, 3.63) is 45.8 Å². The highest BCUT2D eigenvalue weighted by atomic mass is 127. The molecule has 1 aromatic carbocycles. The Morgan fingerprint density at radius 3 is 2.63 bits per heavy atom. The molecule has 0 saturated carbocycles. The maximum Gasteiger partial charge on any atom is 0.225 e. The minimum absolute atomic E-state index is 0.768. The quantitative estimate of drug-likeness (QED) is 0.651. The molecule has 0 aliphatic carbocycles. The molecule has 0 fully saturated rings. The highest BCUT2D eigenvalue weighted by Crippen LogP contribution is 2.15. The number of halogens is 1. The molecular formula is C14H17IN4. The van der Waals surface area contributed by atoms with Gasteiger partial charge < -0.3 is 10.6 Å². The number of anilines is 2. The molecule has 2 aromatic rings. The zero-order valence-electron chi connectivity index (χ0n) is 10.9. The van der Waals surface area contributed by atoms with Gasteiger partial charge in [0.15, 0.2) is 0 Å². The van der Waals surface area contributed by atoms with Gasteiger partial charge in [-0.15, -0.1) is 0 Å². The van der Waals surface area contributed by atoms with Gasteiger partial charge in [-0.3, -0.25) is 0 Å². The average molecular weight is 368 g/mol. The first-order chi connectivity index (χ1) is 9.19. The van der Waals surface area contributed by atoms with E-state index >= 15 is 0 Å². The SMILES string of the molecule is CCCN(Cc1cccc(N)c1)c1ncc(I)cn1. The van der Waals surface area contributed by atoms with Crippen LogP contribution in [0.5, 0.6) is 0 Å². The molecule has 0 atom stereocenters. The number of nitrogens with two attached hydrogens (primary N) is 1. The van der Waals surface area contributed by atoms with Crippen LogP contribution in [0.4, 0.5) is 11.6 Å². The van der Waals surface area contributed by atoms with Crippen LogP contribution in [0.2, 0.25) is 0 Å². The second kappa shape index (κ2) is 6.70. The van der Waals surface area contributed by atoms with E-state index in [0.29, 0.717) is 0 Å². The molecule has 1 heterocycles. The van der Waals surface area contributed by atoms with Crippen LogP contribution in [0.25, 0.3) is 0 Å². The normalized spacial score (nSPS) is 10.4. The van der Waals surface area contributed by atoms with E-state index in [2.05, 4.69) is 50.4 Å². The third-order valence-electron chi connectivity index (χ3n) is 2.71. The van der Waals surface area contributed by atoms with E-state index in [1.165, 1.54) is 5.56 Å². The molecule has 0 unspecified atom stereocenters. The van der Waals surface area contributed by atoms with E-state index < -0.39 is 0 Å². The molecule has 1 aromatic heterocycles. The predicted molar refractivity (Wildman–Crippen MR) is 86.9 cm³/mol. The Bertz CT molecular complexity index is 527. The van der Waals surface area contributed by atoms with Crippen molar-refractivity contribution in [1.29, 1.82) is 0 Å². The standard InChI is InChI=1S/C14H17IN4/c1-2-6-19(14-17-8-12(15)9-18-14)10-11-4-3-5-13(16)7-11/h3-5,7-9H,2,6,10,16H2,1H3. The lowest BCUT2D eigenvalue weighted by Gasteiger charge is -2.22. The molecule has 0 bridgehead atoms. The fourth-order valence-electron chi connectivity index (χ4n) is 1.90. The lowest BCUT2D eigenvalue weighted by molar-refractivity contribution is 0.738. The first-order valence-corrected chi connectivity index (χ1v) is 7.34. The summed E-state index contributed by atoms with van der Waals surface area (Å²) in [4.78, 5) is 11.0. The number of rotatable bonds is 5. The maximum atomic E-state index is 5.82. The number of hydrogen-bond donors (Lipinski definition) is 1. The Balaban J connectivity index is 2.18. The van der Waals surface area contributed by atoms with E-state index in [4.69, 9.17) is 5.73 Å². The molecule has 0 spiro atoms. The van der Waals surface area contributed by atoms with Crippen LogP contribution in [-0.4, -0.2) is 16.5 Å². The summed E-state index contributed by atoms with van der Waals surface area (Å²) in [7, 11) is 0. The Hall–Kier alpha value is -1.37. The van der Waals surface area contributed by atoms with E-state index in [0.717, 1.165) is 34.7 Å². The van der Waals surface area contributed by atoms with Gasteiger partial charge in [0.1, 0.15) is 0 Å². The number of benzene rings is 1. The van der Waals surface area contributed by atoms with Crippen LogP contribution in [0.15, 0.2) is 36.7 Å². The highest BCUT2D eigenvalue weighted by Gasteiger charge is 2.09. The molecule has 2 rings (SSSR count). The van der Waals surface area contributed by atoms with Crippen LogP contribution in [-0.2, 0) is 6.54 Å². The third-order valence-corrected chi connectivity index (χ3v) is 3.26. The van der Waals surface area contributed by atoms with Crippen molar-refractivity contribution in [3.63, 3.8) is 0 Å². The molecule has 0 saturated heterocycles. The fourth-order valence-corrected chi connectivity index (χ4v) is 2.18. The first kappa shape index (κ1) is 14.0. The lowest BCUT2D eigenvalue weighted by Crippen LogP contribution is -2.25. The van der Waals surface area contributed by atoms with Gasteiger partial charge in [0.25, 0.3) is 0 Å². The van der Waals surface area contributed by atoms with Crippen LogP contribution in [0.3, 0.4) is 0 Å². The highest BCUT2D eigenvalue weighted by molar-refractivity contribution is 14.1. The van der Waals surface area contributed by atoms with E-state index in [1.807, 2.05) is 30.6 Å². The predicted octanol–water partition coefficient (Wildman–Crippen LogP) is 3.08. The molecule has 0 aliphatic rings. The lowest BCUT2D eigenvalue weighted by atomic mass is 10.2. The van der Waals surface area contributed by atoms with Crippen molar-refractivity contribution in [2.24, 2.45) is 0 Å². The minimum Gasteiger partial charge on any atom is -0.399 e. The number of nitrogens with zero attached hydrogens (tertiary/aromatic N) is 3. The smallest absolute Gasteiger partial charge is 0.225 e. The fraction of sp³-hybridized carbons (Fsp3) is 0.286. The van der Waals surface area contributed by atoms with Crippen LogP contribution in [0.1, 0.15) is 18.9 Å². The van der Waals surface area contributed by atoms with E-state index in [9.17, 15) is 0 Å². The summed E-state index contributed by atoms with van der Waals surface area (Å²) < 4.78 is 1.04. The summed E-state index contributed by atoms with van der Waals surface area (Å²) in [5.74, 6) is 0.768. The number of hydrogen-bond acceptors (Lipinski definition) is 4. The van der Waals surface area contributed by atoms with Gasteiger partial charge in [-0.2, -0.15) is 0 Å². The molecule has 19 heavy (non-hydrogen) atoms. The molecule has 100 valence electrons. The largest absolute Gasteiger partial charge is 0.399 e. The Morgan fingerprint density at radius 1 is 1.26 bits per heavy atom. The van der Waals surface area contributed by atoms with Gasteiger partial charge in [0, 0.05) is 34.7 Å². The van der Waals surface area contributed by atoms with Crippen molar-refractivity contribution in [2.45, 2.75) is 19.9 Å². The van der Waals surface area contributed by atoms with Crippen LogP contribution < -0.4 is 10.6 Å². The van der Waals surface area contributed by atoms with Gasteiger partial charge in [0.05, 0.1) is 0 Å². The van der Waals surface area contributed by atoms with Crippen molar-refractivity contribution >= 4 is 34.2 Å². The molecule has 0 amide bonds. The molecule has 4 nitrogen and oxygen atoms in total. The molecule has 5 heteroatoms. The van der Waals surface area contributed by atoms with Gasteiger partial charge >= 0.3 is 0 Å². The summed E-state index contributed by atoms with van der Waals surface area (Å²) in [5, 5.41) is 0. The van der Waals surface area contributed by atoms with Crippen molar-refractivity contribution < 1.29 is 0 Å². The molecular weight excluding hydrogens is 351 g/mol. The van der Waals surface area contributed by atoms with Gasteiger partial charge in [-0.1, -0.05) is 19.1 Å². The third kappa shape index (κ3) is 4.05. The summed E-state index contributed by atoms with van der Waals surface area (Å²) >= 11 is 2.21. The van der Waals surface area contributed by atoms with E-state index in [-0.39, 0.29) is 0 Å².